The topological polar surface area (TPSA) is 9.23 Å². The number of ether oxygens (including phenoxy) is 1. The van der Waals surface area contributed by atoms with Crippen molar-refractivity contribution in [3.05, 3.63) is 47.1 Å². The van der Waals surface area contributed by atoms with Gasteiger partial charge in [-0.05, 0) is 51.5 Å². The molecule has 25 heavy (non-hydrogen) atoms. The summed E-state index contributed by atoms with van der Waals surface area (Å²) < 4.78 is 6.71. The van der Waals surface area contributed by atoms with Crippen molar-refractivity contribution >= 4 is 0 Å². The number of rotatable bonds is 3. The molecular formula is C21H31Cl2OTi. The van der Waals surface area contributed by atoms with Gasteiger partial charge in [-0.25, -0.2) is 11.6 Å². The van der Waals surface area contributed by atoms with Crippen LogP contribution in [-0.2, 0) is 26.5 Å². The number of hydrogen-bond donors (Lipinski definition) is 0. The summed E-state index contributed by atoms with van der Waals surface area (Å²) in [7, 11) is 0. The van der Waals surface area contributed by atoms with Gasteiger partial charge >= 0.3 is 21.7 Å². The van der Waals surface area contributed by atoms with Gasteiger partial charge in [0.1, 0.15) is 0 Å². The third-order valence-corrected chi connectivity index (χ3v) is 4.17. The van der Waals surface area contributed by atoms with Crippen molar-refractivity contribution in [1.29, 1.82) is 0 Å². The Labute approximate surface area is 182 Å². The maximum Gasteiger partial charge on any atom is 3.00 e. The van der Waals surface area contributed by atoms with Gasteiger partial charge in [-0.3, -0.25) is 6.08 Å². The Morgan fingerprint density at radius 1 is 1.12 bits per heavy atom. The Bertz CT molecular complexity index is 559. The van der Waals surface area contributed by atoms with Gasteiger partial charge in [0.15, 0.2) is 0 Å². The zero-order valence-electron chi connectivity index (χ0n) is 16.6. The van der Waals surface area contributed by atoms with Crippen molar-refractivity contribution in [1.82, 2.24) is 0 Å². The largest absolute Gasteiger partial charge is 3.00 e. The summed E-state index contributed by atoms with van der Waals surface area (Å²) in [6, 6.07) is 0. The summed E-state index contributed by atoms with van der Waals surface area (Å²) in [5.41, 5.74) is 3.69. The number of hydrogen-bond acceptors (Lipinski definition) is 1. The van der Waals surface area contributed by atoms with Crippen LogP contribution < -0.4 is 24.8 Å². The second-order valence-corrected chi connectivity index (χ2v) is 8.65. The molecule has 0 saturated heterocycles. The predicted octanol–water partition coefficient (Wildman–Crippen LogP) is -0.0521. The van der Waals surface area contributed by atoms with Crippen LogP contribution in [0.25, 0.3) is 0 Å². The van der Waals surface area contributed by atoms with Gasteiger partial charge < -0.3 is 29.6 Å². The molecule has 2 rings (SSSR count). The van der Waals surface area contributed by atoms with E-state index in [0.29, 0.717) is 0 Å². The van der Waals surface area contributed by atoms with Crippen LogP contribution in [0.5, 0.6) is 0 Å². The van der Waals surface area contributed by atoms with Crippen LogP contribution in [0.3, 0.4) is 0 Å². The Morgan fingerprint density at radius 2 is 1.72 bits per heavy atom. The van der Waals surface area contributed by atoms with Crippen LogP contribution in [0.1, 0.15) is 67.7 Å². The first-order chi connectivity index (χ1) is 10.0. The van der Waals surface area contributed by atoms with Crippen LogP contribution in [0.15, 0.2) is 41.0 Å². The van der Waals surface area contributed by atoms with E-state index in [0.717, 1.165) is 19.3 Å². The molecule has 2 aliphatic rings. The molecule has 0 fully saturated rings. The van der Waals surface area contributed by atoms with Crippen molar-refractivity contribution in [3.8, 4) is 0 Å². The molecule has 0 N–H and O–H groups in total. The van der Waals surface area contributed by atoms with Gasteiger partial charge in [0.2, 0.25) is 0 Å². The van der Waals surface area contributed by atoms with Crippen molar-refractivity contribution in [2.75, 3.05) is 0 Å². The zero-order valence-corrected chi connectivity index (χ0v) is 19.7. The molecular weight excluding hydrogens is 387 g/mol. The van der Waals surface area contributed by atoms with Gasteiger partial charge in [-0.2, -0.15) is 6.08 Å². The first kappa shape index (κ1) is 27.4. The van der Waals surface area contributed by atoms with E-state index in [2.05, 4.69) is 78.8 Å². The summed E-state index contributed by atoms with van der Waals surface area (Å²) in [5, 5.41) is 0. The molecule has 1 radical (unpaired) electrons. The Hall–Kier alpha value is 0.214. The quantitative estimate of drug-likeness (QED) is 0.462. The van der Waals surface area contributed by atoms with E-state index in [1.165, 1.54) is 16.7 Å². The van der Waals surface area contributed by atoms with E-state index in [9.17, 15) is 0 Å². The first-order valence-electron chi connectivity index (χ1n) is 8.38. The smallest absolute Gasteiger partial charge is 1.00 e. The molecule has 0 aromatic carbocycles. The second kappa shape index (κ2) is 9.95. The third-order valence-electron chi connectivity index (χ3n) is 4.17. The van der Waals surface area contributed by atoms with E-state index < -0.39 is 0 Å². The molecule has 0 aromatic rings. The average Bonchev–Trinajstić information content (AvgIpc) is 2.81. The van der Waals surface area contributed by atoms with Crippen molar-refractivity contribution < 1.29 is 51.3 Å². The fourth-order valence-electron chi connectivity index (χ4n) is 3.52. The monoisotopic (exact) mass is 417 g/mol. The van der Waals surface area contributed by atoms with E-state index >= 15 is 0 Å². The van der Waals surface area contributed by atoms with Gasteiger partial charge in [0, 0.05) is 0 Å². The maximum atomic E-state index is 6.71. The van der Waals surface area contributed by atoms with Gasteiger partial charge in [-0.1, -0.05) is 38.5 Å². The van der Waals surface area contributed by atoms with Gasteiger partial charge in [0.05, 0.1) is 11.2 Å². The molecule has 4 heteroatoms. The Kier molecular flexibility index (Phi) is 10.9. The molecule has 0 amide bonds. The Balaban J connectivity index is 0. The molecule has 2 aliphatic carbocycles. The van der Waals surface area contributed by atoms with Gasteiger partial charge in [0.25, 0.3) is 0 Å². The Morgan fingerprint density at radius 3 is 2.16 bits per heavy atom. The molecule has 0 spiro atoms. The summed E-state index contributed by atoms with van der Waals surface area (Å²) >= 11 is 0. The standard InChI is InChI=1S/C21H31O.2ClH.Ti/c1-16-12-13-21(22-20(5,6)7,15-17-10-8-9-11-17)18(14-16)19(2,3)4;;;/h8,10,12,14H,9,13,15H2,1-7H3;2*1H;/q-1;;;+3/p-2. The molecule has 0 heterocycles. The van der Waals surface area contributed by atoms with E-state index in [1.54, 1.807) is 0 Å². The van der Waals surface area contributed by atoms with Crippen LogP contribution in [0.2, 0.25) is 0 Å². The first-order valence-corrected chi connectivity index (χ1v) is 8.38. The third kappa shape index (κ3) is 7.39. The fraction of sp³-hybridized carbons (Fsp3) is 0.619. The number of allylic oxidation sites excluding steroid dienone is 5. The fourth-order valence-corrected chi connectivity index (χ4v) is 3.52. The summed E-state index contributed by atoms with van der Waals surface area (Å²) in [6.07, 6.45) is 15.3. The SMILES string of the molecule is CC1=CCC(CC2=[C-]CC=C2)(OC(C)(C)C)C(C(C)(C)C)=C1.[Cl-].[Cl-].[Ti+3]. The normalized spacial score (nSPS) is 22.8. The van der Waals surface area contributed by atoms with Gasteiger partial charge in [-0.15, -0.1) is 6.42 Å². The van der Waals surface area contributed by atoms with Crippen molar-refractivity contribution in [3.63, 3.8) is 0 Å². The maximum absolute atomic E-state index is 6.71. The second-order valence-electron chi connectivity index (χ2n) is 8.65. The molecule has 1 atom stereocenters. The van der Waals surface area contributed by atoms with Crippen molar-refractivity contribution in [2.24, 2.45) is 5.41 Å². The van der Waals surface area contributed by atoms with E-state index in [-0.39, 0.29) is 63.1 Å². The van der Waals surface area contributed by atoms with Crippen molar-refractivity contribution in [2.45, 2.75) is 78.9 Å². The molecule has 0 bridgehead atoms. The molecule has 139 valence electrons. The molecule has 0 aromatic heterocycles. The minimum atomic E-state index is -0.257. The summed E-state index contributed by atoms with van der Waals surface area (Å²) in [5.74, 6) is 0. The molecule has 1 nitrogen and oxygen atoms in total. The van der Waals surface area contributed by atoms with Crippen LogP contribution >= 0.6 is 0 Å². The predicted molar refractivity (Wildman–Crippen MR) is 94.6 cm³/mol. The molecule has 0 aliphatic heterocycles. The zero-order chi connectivity index (χ0) is 16.6. The summed E-state index contributed by atoms with van der Waals surface area (Å²) in [4.78, 5) is 0. The minimum absolute atomic E-state index is 0. The van der Waals surface area contributed by atoms with E-state index in [4.69, 9.17) is 4.74 Å². The number of halogens is 2. The molecule has 1 unspecified atom stereocenters. The van der Waals surface area contributed by atoms with Crippen LogP contribution in [0, 0.1) is 11.5 Å². The van der Waals surface area contributed by atoms with Crippen LogP contribution in [0.4, 0.5) is 0 Å². The molecule has 0 saturated carbocycles. The summed E-state index contributed by atoms with van der Waals surface area (Å²) in [6.45, 7) is 15.5. The average molecular weight is 418 g/mol. The minimum Gasteiger partial charge on any atom is -1.00 e. The van der Waals surface area contributed by atoms with E-state index in [1.807, 2.05) is 0 Å². The van der Waals surface area contributed by atoms with Crippen LogP contribution in [-0.4, -0.2) is 11.2 Å².